The van der Waals surface area contributed by atoms with Crippen molar-refractivity contribution >= 4 is 46.9 Å². The molecule has 1 atom stereocenters. The molecule has 1 aliphatic heterocycles. The molecule has 0 aromatic heterocycles. The van der Waals surface area contributed by atoms with Gasteiger partial charge in [-0.15, -0.1) is 11.8 Å². The Morgan fingerprint density at radius 1 is 0.787 bits per heavy atom. The minimum atomic E-state index is -0.571. The molecule has 0 radical (unpaired) electrons. The summed E-state index contributed by atoms with van der Waals surface area (Å²) in [6, 6.07) is 24.2. The van der Waals surface area contributed by atoms with Crippen molar-refractivity contribution in [3.63, 3.8) is 0 Å². The number of amides is 3. The molecule has 0 aliphatic carbocycles. The van der Waals surface area contributed by atoms with Gasteiger partial charge in [0.2, 0.25) is 18.4 Å². The molecule has 1 unspecified atom stereocenters. The van der Waals surface area contributed by atoms with Gasteiger partial charge in [-0.1, -0.05) is 24.3 Å². The summed E-state index contributed by atoms with van der Waals surface area (Å²) < 4.78 is 27.0. The number of benzene rings is 4. The van der Waals surface area contributed by atoms with Crippen LogP contribution in [0.25, 0.3) is 6.08 Å². The average molecular weight is 656 g/mol. The van der Waals surface area contributed by atoms with E-state index in [1.807, 2.05) is 6.07 Å². The SMILES string of the molecule is COc1cc(/C=C(/NC(=O)c2ccccc2)C(=O)Nc2cccc(SC(C)C(=O)Nc3ccc4c(c3)OCO4)c2)cc(OC)c1OC. The number of hydrogen-bond donors (Lipinski definition) is 3. The molecule has 0 spiro atoms. The second-order valence-electron chi connectivity index (χ2n) is 10.1. The Bertz CT molecular complexity index is 1790. The molecular formula is C35H33N3O8S. The van der Waals surface area contributed by atoms with Gasteiger partial charge in [0.25, 0.3) is 11.8 Å². The van der Waals surface area contributed by atoms with E-state index in [0.29, 0.717) is 51.2 Å². The van der Waals surface area contributed by atoms with E-state index in [9.17, 15) is 14.4 Å². The Balaban J connectivity index is 1.34. The Morgan fingerprint density at radius 2 is 1.49 bits per heavy atom. The zero-order valence-corrected chi connectivity index (χ0v) is 26.9. The number of ether oxygens (including phenoxy) is 5. The Morgan fingerprint density at radius 3 is 2.19 bits per heavy atom. The molecule has 47 heavy (non-hydrogen) atoms. The minimum Gasteiger partial charge on any atom is -0.493 e. The molecule has 242 valence electrons. The molecule has 1 heterocycles. The van der Waals surface area contributed by atoms with Crippen molar-refractivity contribution in [2.75, 3.05) is 38.8 Å². The molecule has 4 aromatic rings. The fourth-order valence-electron chi connectivity index (χ4n) is 4.62. The van der Waals surface area contributed by atoms with Crippen LogP contribution in [0.5, 0.6) is 28.7 Å². The first-order valence-corrected chi connectivity index (χ1v) is 15.3. The minimum absolute atomic E-state index is 0.0253. The molecule has 0 saturated heterocycles. The van der Waals surface area contributed by atoms with Crippen molar-refractivity contribution in [1.29, 1.82) is 0 Å². The first-order chi connectivity index (χ1) is 22.8. The zero-order valence-electron chi connectivity index (χ0n) is 26.1. The molecule has 12 heteroatoms. The zero-order chi connectivity index (χ0) is 33.3. The fraction of sp³-hybridized carbons (Fsp3) is 0.171. The van der Waals surface area contributed by atoms with Crippen LogP contribution in [-0.4, -0.2) is 51.1 Å². The smallest absolute Gasteiger partial charge is 0.272 e. The van der Waals surface area contributed by atoms with Crippen LogP contribution < -0.4 is 39.6 Å². The average Bonchev–Trinajstić information content (AvgIpc) is 3.56. The lowest BCUT2D eigenvalue weighted by atomic mass is 10.1. The van der Waals surface area contributed by atoms with Gasteiger partial charge in [-0.05, 0) is 73.2 Å². The van der Waals surface area contributed by atoms with Crippen LogP contribution in [0.15, 0.2) is 95.5 Å². The molecule has 1 aliphatic rings. The first kappa shape index (κ1) is 32.8. The highest BCUT2D eigenvalue weighted by atomic mass is 32.2. The highest BCUT2D eigenvalue weighted by Crippen LogP contribution is 2.39. The highest BCUT2D eigenvalue weighted by molar-refractivity contribution is 8.00. The summed E-state index contributed by atoms with van der Waals surface area (Å²) >= 11 is 1.32. The monoisotopic (exact) mass is 655 g/mol. The molecule has 0 bridgehead atoms. The summed E-state index contributed by atoms with van der Waals surface area (Å²) in [6.45, 7) is 1.93. The van der Waals surface area contributed by atoms with Crippen LogP contribution in [0.3, 0.4) is 0 Å². The highest BCUT2D eigenvalue weighted by Gasteiger charge is 2.20. The number of carbonyl (C=O) groups excluding carboxylic acids is 3. The second kappa shape index (κ2) is 15.1. The molecule has 0 fully saturated rings. The largest absolute Gasteiger partial charge is 0.493 e. The molecule has 3 N–H and O–H groups in total. The molecule has 0 saturated carbocycles. The quantitative estimate of drug-likeness (QED) is 0.125. The first-order valence-electron chi connectivity index (χ1n) is 14.4. The third-order valence-electron chi connectivity index (χ3n) is 6.94. The van der Waals surface area contributed by atoms with Crippen molar-refractivity contribution in [3.8, 4) is 28.7 Å². The van der Waals surface area contributed by atoms with E-state index in [0.717, 1.165) is 4.90 Å². The predicted molar refractivity (Wildman–Crippen MR) is 180 cm³/mol. The molecular weight excluding hydrogens is 622 g/mol. The number of thioether (sulfide) groups is 1. The van der Waals surface area contributed by atoms with Crippen molar-refractivity contribution < 1.29 is 38.1 Å². The van der Waals surface area contributed by atoms with E-state index < -0.39 is 17.1 Å². The standard InChI is InChI=1S/C35H33N3O8S/c1-21(33(39)36-25-13-14-28-29(19-25)46-20-45-28)47-26-12-8-11-24(18-26)37-35(41)27(38-34(40)23-9-6-5-7-10-23)15-22-16-30(42-2)32(44-4)31(17-22)43-3/h5-19,21H,20H2,1-4H3,(H,36,39)(H,37,41)(H,38,40)/b27-15+. The van der Waals surface area contributed by atoms with Crippen molar-refractivity contribution in [3.05, 3.63) is 102 Å². The normalized spacial score (nSPS) is 12.5. The Hall–Kier alpha value is -5.62. The van der Waals surface area contributed by atoms with Gasteiger partial charge in [-0.3, -0.25) is 14.4 Å². The fourth-order valence-corrected chi connectivity index (χ4v) is 5.54. The lowest BCUT2D eigenvalue weighted by Crippen LogP contribution is -2.30. The number of methoxy groups -OCH3 is 3. The molecule has 5 rings (SSSR count). The van der Waals surface area contributed by atoms with E-state index in [4.69, 9.17) is 23.7 Å². The lowest BCUT2D eigenvalue weighted by molar-refractivity contribution is -0.115. The number of nitrogens with one attached hydrogen (secondary N) is 3. The summed E-state index contributed by atoms with van der Waals surface area (Å²) in [4.78, 5) is 40.5. The van der Waals surface area contributed by atoms with Gasteiger partial charge in [0, 0.05) is 27.9 Å². The number of carbonyl (C=O) groups is 3. The number of rotatable bonds is 12. The van der Waals surface area contributed by atoms with E-state index in [-0.39, 0.29) is 18.4 Å². The van der Waals surface area contributed by atoms with Gasteiger partial charge < -0.3 is 39.6 Å². The summed E-state index contributed by atoms with van der Waals surface area (Å²) in [5, 5.41) is 8.01. The molecule has 4 aromatic carbocycles. The summed E-state index contributed by atoms with van der Waals surface area (Å²) in [5.41, 5.74) is 1.93. The van der Waals surface area contributed by atoms with E-state index in [1.54, 1.807) is 85.8 Å². The van der Waals surface area contributed by atoms with Crippen molar-refractivity contribution in [1.82, 2.24) is 5.32 Å². The maximum atomic E-state index is 13.7. The van der Waals surface area contributed by atoms with E-state index in [2.05, 4.69) is 16.0 Å². The summed E-state index contributed by atoms with van der Waals surface area (Å²) in [6.07, 6.45) is 1.52. The Labute approximate surface area is 276 Å². The number of fused-ring (bicyclic) bond motifs is 1. The Kier molecular flexibility index (Phi) is 10.5. The van der Waals surface area contributed by atoms with Crippen LogP contribution in [-0.2, 0) is 9.59 Å². The summed E-state index contributed by atoms with van der Waals surface area (Å²) in [5.74, 6) is 1.12. The van der Waals surface area contributed by atoms with Crippen LogP contribution >= 0.6 is 11.8 Å². The predicted octanol–water partition coefficient (Wildman–Crippen LogP) is 5.97. The maximum absolute atomic E-state index is 13.7. The lowest BCUT2D eigenvalue weighted by Gasteiger charge is -2.15. The number of hydrogen-bond acceptors (Lipinski definition) is 9. The number of anilines is 2. The van der Waals surface area contributed by atoms with Gasteiger partial charge in [0.15, 0.2) is 23.0 Å². The maximum Gasteiger partial charge on any atom is 0.272 e. The third kappa shape index (κ3) is 8.16. The van der Waals surface area contributed by atoms with E-state index in [1.165, 1.54) is 39.2 Å². The van der Waals surface area contributed by atoms with Crippen molar-refractivity contribution in [2.24, 2.45) is 0 Å². The van der Waals surface area contributed by atoms with Crippen LogP contribution in [0, 0.1) is 0 Å². The van der Waals surface area contributed by atoms with Crippen LogP contribution in [0.2, 0.25) is 0 Å². The van der Waals surface area contributed by atoms with Crippen LogP contribution in [0.1, 0.15) is 22.8 Å². The van der Waals surface area contributed by atoms with E-state index >= 15 is 0 Å². The van der Waals surface area contributed by atoms with Gasteiger partial charge in [0.1, 0.15) is 5.70 Å². The van der Waals surface area contributed by atoms with Gasteiger partial charge >= 0.3 is 0 Å². The van der Waals surface area contributed by atoms with Gasteiger partial charge in [0.05, 0.1) is 26.6 Å². The second-order valence-corrected chi connectivity index (χ2v) is 11.6. The van der Waals surface area contributed by atoms with Gasteiger partial charge in [-0.2, -0.15) is 0 Å². The van der Waals surface area contributed by atoms with Crippen molar-refractivity contribution in [2.45, 2.75) is 17.1 Å². The van der Waals surface area contributed by atoms with Crippen LogP contribution in [0.4, 0.5) is 11.4 Å². The topological polar surface area (TPSA) is 133 Å². The third-order valence-corrected chi connectivity index (χ3v) is 8.03. The molecule has 11 nitrogen and oxygen atoms in total. The summed E-state index contributed by atoms with van der Waals surface area (Å²) in [7, 11) is 4.47. The van der Waals surface area contributed by atoms with Gasteiger partial charge in [-0.25, -0.2) is 0 Å². The molecule has 3 amide bonds.